The van der Waals surface area contributed by atoms with Gasteiger partial charge in [0.1, 0.15) is 6.23 Å². The van der Waals surface area contributed by atoms with Gasteiger partial charge < -0.3 is 20.9 Å². The zero-order chi connectivity index (χ0) is 5.21. The summed E-state index contributed by atoms with van der Waals surface area (Å²) in [7, 11) is -4.08. The molecule has 0 atom stereocenters. The average molecular weight is 134 g/mol. The van der Waals surface area contributed by atoms with Crippen molar-refractivity contribution in [2.75, 3.05) is 6.23 Å². The summed E-state index contributed by atoms with van der Waals surface area (Å²) in [5, 5.41) is 7.71. The van der Waals surface area contributed by atoms with Crippen LogP contribution >= 0.6 is 0 Å². The van der Waals surface area contributed by atoms with Gasteiger partial charge >= 0.3 is 38.4 Å². The number of rotatable bonds is 1. The first-order chi connectivity index (χ1) is 2.56. The molecule has 4 nitrogen and oxygen atoms in total. The summed E-state index contributed by atoms with van der Waals surface area (Å²) < 4.78 is 0. The second kappa shape index (κ2) is 3.99. The second-order valence-electron chi connectivity index (χ2n) is 0.932. The van der Waals surface area contributed by atoms with Crippen LogP contribution in [0, 0.1) is 0 Å². The van der Waals surface area contributed by atoms with E-state index in [0.29, 0.717) is 0 Å². The molecular weight excluding hydrogens is 127 g/mol. The van der Waals surface area contributed by atoms with Crippen molar-refractivity contribution < 1.29 is 50.5 Å². The van der Waals surface area contributed by atoms with E-state index in [0.717, 1.165) is 0 Å². The molecule has 0 bridgehead atoms. The minimum atomic E-state index is -4.08. The Morgan fingerprint density at radius 1 is 1.29 bits per heavy atom. The second-order valence-corrected chi connectivity index (χ2v) is 2.80. The third-order valence-electron chi connectivity index (χ3n) is 0.212. The van der Waals surface area contributed by atoms with Gasteiger partial charge in [0.2, 0.25) is 0 Å². The van der Waals surface area contributed by atoms with Crippen molar-refractivity contribution in [2.24, 2.45) is 0 Å². The van der Waals surface area contributed by atoms with Crippen LogP contribution in [-0.4, -0.2) is 34.5 Å². The third-order valence-corrected chi connectivity index (χ3v) is 0.636. The first kappa shape index (κ1) is 10.9. The van der Waals surface area contributed by atoms with Gasteiger partial charge in [-0.05, 0) is 0 Å². The van der Waals surface area contributed by atoms with Crippen LogP contribution in [0.2, 0.25) is 0 Å². The van der Waals surface area contributed by atoms with Crippen molar-refractivity contribution in [3.8, 4) is 0 Å². The Kier molecular flexibility index (Phi) is 6.23. The van der Waals surface area contributed by atoms with E-state index in [9.17, 15) is 0 Å². The van der Waals surface area contributed by atoms with Crippen LogP contribution in [0.1, 0.15) is 1.43 Å². The molecule has 0 heterocycles. The van der Waals surface area contributed by atoms with E-state index < -0.39 is 15.0 Å². The van der Waals surface area contributed by atoms with Gasteiger partial charge in [-0.15, -0.1) is 0 Å². The van der Waals surface area contributed by atoms with E-state index in [1.807, 2.05) is 0 Å². The van der Waals surface area contributed by atoms with E-state index in [1.165, 1.54) is 0 Å². The first-order valence-corrected chi connectivity index (χ1v) is 3.39. The van der Waals surface area contributed by atoms with Crippen molar-refractivity contribution in [2.45, 2.75) is 0 Å². The molecule has 0 aromatic heterocycles. The number of aliphatic hydroxyl groups excluding tert-OH is 1. The Morgan fingerprint density at radius 3 is 1.43 bits per heavy atom. The quantitative estimate of drug-likeness (QED) is 0.270. The fraction of sp³-hybridized carbons (Fsp3) is 1.00. The third kappa shape index (κ3) is 11.0. The maximum absolute atomic E-state index is 7.83. The smallest absolute Gasteiger partial charge is 1.00 e. The van der Waals surface area contributed by atoms with Crippen LogP contribution in [-0.2, 0) is 0 Å². The molecule has 0 aromatic rings. The van der Waals surface area contributed by atoms with Gasteiger partial charge in [-0.25, -0.2) is 0 Å². The van der Waals surface area contributed by atoms with Crippen molar-refractivity contribution in [3.63, 3.8) is 0 Å². The van der Waals surface area contributed by atoms with Crippen LogP contribution in [0.3, 0.4) is 0 Å². The summed E-state index contributed by atoms with van der Waals surface area (Å²) in [6, 6.07) is 0. The van der Waals surface area contributed by atoms with Crippen LogP contribution in [0.5, 0.6) is 0 Å². The molecule has 0 fully saturated rings. The molecule has 0 unspecified atom stereocenters. The number of hydrogen-bond donors (Lipinski definition) is 4. The largest absolute Gasteiger partial charge is 1.00 e. The zero-order valence-electron chi connectivity index (χ0n) is 5.00. The molecule has 0 saturated heterocycles. The van der Waals surface area contributed by atoms with Gasteiger partial charge in [-0.2, -0.15) is 0 Å². The summed E-state index contributed by atoms with van der Waals surface area (Å²) in [4.78, 5) is 23.5. The van der Waals surface area contributed by atoms with Crippen molar-refractivity contribution in [3.05, 3.63) is 0 Å². The fourth-order valence-electron chi connectivity index (χ4n) is 0. The molecule has 40 valence electrons. The molecule has 0 spiro atoms. The first-order valence-electron chi connectivity index (χ1n) is 1.34. The monoisotopic (exact) mass is 134 g/mol. The van der Waals surface area contributed by atoms with Gasteiger partial charge in [0, 0.05) is 0 Å². The Morgan fingerprint density at radius 2 is 1.43 bits per heavy atom. The summed E-state index contributed by atoms with van der Waals surface area (Å²) in [6.07, 6.45) is -0.924. The Hall–Kier alpha value is 1.06. The molecule has 0 saturated carbocycles. The number of aliphatic hydroxyl groups is 1. The molecule has 0 aliphatic carbocycles. The van der Waals surface area contributed by atoms with Crippen molar-refractivity contribution in [1.82, 2.24) is 0 Å². The Balaban J connectivity index is -0.000000125. The van der Waals surface area contributed by atoms with Gasteiger partial charge in [-0.3, -0.25) is 0 Å². The molecule has 0 aliphatic rings. The van der Waals surface area contributed by atoms with E-state index in [2.05, 4.69) is 0 Å². The maximum Gasteiger partial charge on any atom is 1.00 e. The van der Waals surface area contributed by atoms with Crippen molar-refractivity contribution >= 4 is 8.80 Å². The molecule has 0 radical (unpaired) electrons. The van der Waals surface area contributed by atoms with Crippen LogP contribution in [0.4, 0.5) is 0 Å². The molecule has 0 amide bonds. The van der Waals surface area contributed by atoms with Crippen molar-refractivity contribution in [1.29, 1.82) is 0 Å². The average Bonchev–Trinajstić information content (AvgIpc) is 1.35. The SMILES string of the molecule is OC[Si](O)(O)O.[H-].[Na+]. The summed E-state index contributed by atoms with van der Waals surface area (Å²) in [6.45, 7) is 0. The molecule has 0 rings (SSSR count). The van der Waals surface area contributed by atoms with Crippen LogP contribution in [0.25, 0.3) is 0 Å². The Labute approximate surface area is 65.6 Å². The maximum atomic E-state index is 7.83. The molecule has 0 aromatic carbocycles. The predicted octanol–water partition coefficient (Wildman–Crippen LogP) is -5.45. The van der Waals surface area contributed by atoms with Crippen LogP contribution < -0.4 is 29.6 Å². The number of hydrogen-bond acceptors (Lipinski definition) is 4. The molecule has 4 N–H and O–H groups in total. The summed E-state index contributed by atoms with van der Waals surface area (Å²) in [5.41, 5.74) is 0. The normalized spacial score (nSPS) is 10.3. The molecule has 6 heteroatoms. The minimum absolute atomic E-state index is 0. The van der Waals surface area contributed by atoms with Gasteiger partial charge in [0.15, 0.2) is 0 Å². The Bertz CT molecular complexity index is 45.8. The van der Waals surface area contributed by atoms with Gasteiger partial charge in [0.05, 0.1) is 0 Å². The molecule has 0 aliphatic heterocycles. The van der Waals surface area contributed by atoms with Gasteiger partial charge in [0.25, 0.3) is 0 Å². The van der Waals surface area contributed by atoms with E-state index in [1.54, 1.807) is 0 Å². The molecular formula is CH7NaO4Si. The van der Waals surface area contributed by atoms with E-state index >= 15 is 0 Å². The zero-order valence-corrected chi connectivity index (χ0v) is 7.00. The topological polar surface area (TPSA) is 80.9 Å². The van der Waals surface area contributed by atoms with Crippen LogP contribution in [0.15, 0.2) is 0 Å². The van der Waals surface area contributed by atoms with E-state index in [4.69, 9.17) is 19.5 Å². The van der Waals surface area contributed by atoms with Gasteiger partial charge in [-0.1, -0.05) is 0 Å². The predicted molar refractivity (Wildman–Crippen MR) is 20.6 cm³/mol. The van der Waals surface area contributed by atoms with E-state index in [-0.39, 0.29) is 31.0 Å². The summed E-state index contributed by atoms with van der Waals surface area (Å²) >= 11 is 0. The molecule has 7 heavy (non-hydrogen) atoms. The fourth-order valence-corrected chi connectivity index (χ4v) is 0. The minimum Gasteiger partial charge on any atom is -1.00 e. The standard InChI is InChI=1S/CH6O4Si.Na.H/c2-1-6(3,4)5;;/h2-5H,1H2;;/q;+1;-1. The summed E-state index contributed by atoms with van der Waals surface area (Å²) in [5.74, 6) is 0.